The van der Waals surface area contributed by atoms with Gasteiger partial charge in [0.15, 0.2) is 0 Å². The fourth-order valence-electron chi connectivity index (χ4n) is 2.36. The molecule has 2 nitrogen and oxygen atoms in total. The predicted octanol–water partition coefficient (Wildman–Crippen LogP) is 3.24. The standard InChI is InChI=1S/C16H20AsNO/c1-3-17(10-6-7-11-19)15-12-13(2)18-16-9-5-4-8-14(15)16/h4-5,8-9,11-12H,3,6-7,10H2,1-2H3. The van der Waals surface area contributed by atoms with E-state index in [1.54, 1.807) is 0 Å². The number of rotatable bonds is 6. The fourth-order valence-corrected chi connectivity index (χ4v) is 7.32. The minimum atomic E-state index is -1.06. The second-order valence-electron chi connectivity index (χ2n) is 4.69. The van der Waals surface area contributed by atoms with E-state index >= 15 is 0 Å². The predicted molar refractivity (Wildman–Crippen MR) is 82.5 cm³/mol. The second kappa shape index (κ2) is 6.86. The van der Waals surface area contributed by atoms with E-state index in [0.717, 1.165) is 23.9 Å². The van der Waals surface area contributed by atoms with Crippen molar-refractivity contribution >= 4 is 36.2 Å². The van der Waals surface area contributed by atoms with Crippen molar-refractivity contribution in [2.24, 2.45) is 0 Å². The summed E-state index contributed by atoms with van der Waals surface area (Å²) in [5, 5.41) is 3.79. The van der Waals surface area contributed by atoms with Gasteiger partial charge in [-0.2, -0.15) is 0 Å². The van der Waals surface area contributed by atoms with Crippen LogP contribution in [0.5, 0.6) is 0 Å². The number of aromatic nitrogens is 1. The Balaban J connectivity index is 2.38. The van der Waals surface area contributed by atoms with Gasteiger partial charge in [-0.15, -0.1) is 0 Å². The van der Waals surface area contributed by atoms with E-state index in [-0.39, 0.29) is 0 Å². The number of nitrogens with zero attached hydrogens (tertiary/aromatic N) is 1. The Morgan fingerprint density at radius 1 is 1.32 bits per heavy atom. The first-order valence-electron chi connectivity index (χ1n) is 6.81. The monoisotopic (exact) mass is 317 g/mol. The van der Waals surface area contributed by atoms with Gasteiger partial charge in [-0.1, -0.05) is 0 Å². The summed E-state index contributed by atoms with van der Waals surface area (Å²) in [7, 11) is 0. The van der Waals surface area contributed by atoms with Crippen LogP contribution >= 0.6 is 0 Å². The fraction of sp³-hybridized carbons (Fsp3) is 0.375. The molecule has 2 rings (SSSR count). The van der Waals surface area contributed by atoms with Crippen molar-refractivity contribution in [3.63, 3.8) is 0 Å². The van der Waals surface area contributed by atoms with Gasteiger partial charge >= 0.3 is 119 Å². The average Bonchev–Trinajstić information content (AvgIpc) is 2.43. The summed E-state index contributed by atoms with van der Waals surface area (Å²) in [5.41, 5.74) is 2.22. The van der Waals surface area contributed by atoms with Gasteiger partial charge in [-0.25, -0.2) is 0 Å². The van der Waals surface area contributed by atoms with Crippen LogP contribution in [0.1, 0.15) is 25.5 Å². The van der Waals surface area contributed by atoms with Crippen LogP contribution in [0.2, 0.25) is 10.4 Å². The Kier molecular flexibility index (Phi) is 5.15. The number of unbranched alkanes of at least 4 members (excludes halogenated alkanes) is 1. The molecule has 0 aliphatic rings. The number of hydrogen-bond donors (Lipinski definition) is 0. The van der Waals surface area contributed by atoms with E-state index in [2.05, 4.69) is 43.1 Å². The molecular weight excluding hydrogens is 297 g/mol. The van der Waals surface area contributed by atoms with Crippen LogP contribution in [0.3, 0.4) is 0 Å². The molecular formula is C16H20AsNO. The maximum absolute atomic E-state index is 10.5. The summed E-state index contributed by atoms with van der Waals surface area (Å²) < 4.78 is 1.53. The molecule has 100 valence electrons. The normalized spacial score (nSPS) is 12.5. The Labute approximate surface area is 119 Å². The van der Waals surface area contributed by atoms with Crippen molar-refractivity contribution < 1.29 is 4.79 Å². The summed E-state index contributed by atoms with van der Waals surface area (Å²) in [6.07, 6.45) is 2.78. The third kappa shape index (κ3) is 3.45. The van der Waals surface area contributed by atoms with Crippen LogP contribution in [0.15, 0.2) is 30.3 Å². The molecule has 1 atom stereocenters. The van der Waals surface area contributed by atoms with E-state index in [9.17, 15) is 4.79 Å². The van der Waals surface area contributed by atoms with E-state index in [0.29, 0.717) is 6.42 Å². The molecule has 0 radical (unpaired) electrons. The van der Waals surface area contributed by atoms with Gasteiger partial charge in [0.2, 0.25) is 0 Å². The molecule has 0 aliphatic heterocycles. The van der Waals surface area contributed by atoms with Gasteiger partial charge in [-0.3, -0.25) is 0 Å². The summed E-state index contributed by atoms with van der Waals surface area (Å²) in [6.45, 7) is 4.36. The SMILES string of the molecule is CC[As](CCCC=O)c1cc(C)nc2ccccc12. The molecule has 1 aromatic carbocycles. The molecule has 0 N–H and O–H groups in total. The molecule has 0 spiro atoms. The van der Waals surface area contributed by atoms with Crippen LogP contribution in [0, 0.1) is 6.92 Å². The topological polar surface area (TPSA) is 30.0 Å². The third-order valence-electron chi connectivity index (χ3n) is 3.29. The van der Waals surface area contributed by atoms with Gasteiger partial charge in [0.25, 0.3) is 0 Å². The quantitative estimate of drug-likeness (QED) is 0.465. The Morgan fingerprint density at radius 3 is 2.84 bits per heavy atom. The van der Waals surface area contributed by atoms with Crippen LogP contribution < -0.4 is 4.35 Å². The first-order chi connectivity index (χ1) is 9.26. The number of carbonyl (C=O) groups is 1. The Hall–Kier alpha value is -1.14. The number of pyridine rings is 1. The number of carbonyl (C=O) groups excluding carboxylic acids is 1. The van der Waals surface area contributed by atoms with Crippen molar-refractivity contribution in [3.8, 4) is 0 Å². The number of fused-ring (bicyclic) bond motifs is 1. The zero-order chi connectivity index (χ0) is 13.7. The summed E-state index contributed by atoms with van der Waals surface area (Å²) in [6, 6.07) is 10.7. The molecule has 0 amide bonds. The molecule has 0 fully saturated rings. The number of aryl methyl sites for hydroxylation is 1. The Bertz CT molecular complexity index is 568. The number of benzene rings is 1. The number of aldehydes is 1. The second-order valence-corrected chi connectivity index (χ2v) is 10.2. The summed E-state index contributed by atoms with van der Waals surface area (Å²) >= 11 is -1.06. The van der Waals surface area contributed by atoms with Crippen LogP contribution in [-0.2, 0) is 4.79 Å². The summed E-state index contributed by atoms with van der Waals surface area (Å²) in [5.74, 6) is 0. The maximum atomic E-state index is 10.5. The van der Waals surface area contributed by atoms with Crippen molar-refractivity contribution in [2.75, 3.05) is 0 Å². The van der Waals surface area contributed by atoms with Gasteiger partial charge in [0, 0.05) is 0 Å². The molecule has 0 bridgehead atoms. The number of hydrogen-bond acceptors (Lipinski definition) is 2. The molecule has 3 heteroatoms. The summed E-state index contributed by atoms with van der Waals surface area (Å²) in [4.78, 5) is 15.1. The van der Waals surface area contributed by atoms with E-state index in [1.807, 2.05) is 6.07 Å². The first-order valence-corrected chi connectivity index (χ1v) is 10.4. The van der Waals surface area contributed by atoms with Crippen LogP contribution in [0.25, 0.3) is 10.9 Å². The van der Waals surface area contributed by atoms with Crippen LogP contribution in [0.4, 0.5) is 0 Å². The van der Waals surface area contributed by atoms with E-state index < -0.39 is 14.7 Å². The first kappa shape index (κ1) is 14.3. The van der Waals surface area contributed by atoms with E-state index in [4.69, 9.17) is 0 Å². The molecule has 1 unspecified atom stereocenters. The zero-order valence-corrected chi connectivity index (χ0v) is 13.5. The zero-order valence-electron chi connectivity index (χ0n) is 11.6. The molecule has 1 aromatic heterocycles. The van der Waals surface area contributed by atoms with Crippen molar-refractivity contribution in [2.45, 2.75) is 37.1 Å². The molecule has 2 aromatic rings. The third-order valence-corrected chi connectivity index (χ3v) is 8.90. The van der Waals surface area contributed by atoms with Gasteiger partial charge < -0.3 is 0 Å². The van der Waals surface area contributed by atoms with Crippen molar-refractivity contribution in [1.29, 1.82) is 0 Å². The van der Waals surface area contributed by atoms with Crippen molar-refractivity contribution in [1.82, 2.24) is 4.98 Å². The van der Waals surface area contributed by atoms with Gasteiger partial charge in [0.1, 0.15) is 0 Å². The van der Waals surface area contributed by atoms with Crippen LogP contribution in [-0.4, -0.2) is 25.9 Å². The van der Waals surface area contributed by atoms with Gasteiger partial charge in [-0.05, 0) is 0 Å². The van der Waals surface area contributed by atoms with Crippen molar-refractivity contribution in [3.05, 3.63) is 36.0 Å². The minimum absolute atomic E-state index is 0.702. The molecule has 0 saturated carbocycles. The van der Waals surface area contributed by atoms with E-state index in [1.165, 1.54) is 20.2 Å². The molecule has 0 saturated heterocycles. The number of para-hydroxylation sites is 1. The molecule has 0 aliphatic carbocycles. The average molecular weight is 317 g/mol. The molecule has 19 heavy (non-hydrogen) atoms. The molecule has 1 heterocycles. The van der Waals surface area contributed by atoms with Gasteiger partial charge in [0.05, 0.1) is 0 Å². The Morgan fingerprint density at radius 2 is 2.11 bits per heavy atom.